The van der Waals surface area contributed by atoms with Gasteiger partial charge in [-0.1, -0.05) is 23.2 Å². The number of anilines is 4. The number of thiophene rings is 1. The van der Waals surface area contributed by atoms with Gasteiger partial charge in [-0.25, -0.2) is 9.97 Å². The van der Waals surface area contributed by atoms with Crippen LogP contribution in [0.4, 0.5) is 22.9 Å². The van der Waals surface area contributed by atoms with Crippen LogP contribution in [-0.4, -0.2) is 56.4 Å². The van der Waals surface area contributed by atoms with E-state index in [9.17, 15) is 4.79 Å². The highest BCUT2D eigenvalue weighted by Gasteiger charge is 2.22. The van der Waals surface area contributed by atoms with Crippen molar-refractivity contribution in [1.29, 1.82) is 0 Å². The highest BCUT2D eigenvalue weighted by atomic mass is 35.5. The van der Waals surface area contributed by atoms with Crippen LogP contribution >= 0.6 is 34.5 Å². The number of hydrogen-bond acceptors (Lipinski definition) is 9. The Kier molecular flexibility index (Phi) is 7.52. The van der Waals surface area contributed by atoms with Crippen molar-refractivity contribution in [2.75, 3.05) is 56.1 Å². The fraction of sp³-hybridized carbons (Fsp3) is 0.240. The number of nitrogens with one attached hydrogen (secondary N) is 2. The van der Waals surface area contributed by atoms with Gasteiger partial charge in [-0.15, -0.1) is 11.3 Å². The molecule has 2 aromatic carbocycles. The first-order valence-corrected chi connectivity index (χ1v) is 13.0. The second-order valence-corrected chi connectivity index (χ2v) is 9.69. The number of rotatable bonds is 7. The summed E-state index contributed by atoms with van der Waals surface area (Å²) in [7, 11) is 2.93. The minimum atomic E-state index is -0.426. The van der Waals surface area contributed by atoms with E-state index in [-0.39, 0.29) is 15.7 Å². The van der Waals surface area contributed by atoms with Gasteiger partial charge in [0.15, 0.2) is 5.82 Å². The second-order valence-electron chi connectivity index (χ2n) is 8.06. The summed E-state index contributed by atoms with van der Waals surface area (Å²) in [5.74, 6) is 0.820. The highest BCUT2D eigenvalue weighted by molar-refractivity contribution is 7.18. The molecule has 1 amide bonds. The van der Waals surface area contributed by atoms with Gasteiger partial charge < -0.3 is 29.7 Å². The number of amides is 1. The van der Waals surface area contributed by atoms with E-state index < -0.39 is 5.91 Å². The van der Waals surface area contributed by atoms with Crippen molar-refractivity contribution in [3.63, 3.8) is 0 Å². The molecule has 37 heavy (non-hydrogen) atoms. The number of aromatic nitrogens is 2. The molecule has 2 N–H and O–H groups in total. The van der Waals surface area contributed by atoms with Crippen LogP contribution < -0.4 is 25.0 Å². The standard InChI is InChI=1S/C25H23Cl2N5O4S/c1-34-17-11-18(35-2)20(27)22(19(17)26)31-25(33)16-12-37-23-21(16)28-13-29-24(23)30-14-3-5-15(6-4-14)32-7-9-36-10-8-32/h3-6,11-13H,7-10H2,1-2H3,(H,31,33)(H,28,29,30). The smallest absolute Gasteiger partial charge is 0.258 e. The number of carbonyl (C=O) groups is 1. The van der Waals surface area contributed by atoms with Crippen molar-refractivity contribution < 1.29 is 19.0 Å². The molecule has 0 atom stereocenters. The van der Waals surface area contributed by atoms with E-state index in [1.807, 2.05) is 12.1 Å². The Morgan fingerprint density at radius 2 is 1.73 bits per heavy atom. The summed E-state index contributed by atoms with van der Waals surface area (Å²) in [5, 5.41) is 8.17. The van der Waals surface area contributed by atoms with Gasteiger partial charge in [0.2, 0.25) is 0 Å². The van der Waals surface area contributed by atoms with Crippen molar-refractivity contribution in [2.45, 2.75) is 0 Å². The van der Waals surface area contributed by atoms with Gasteiger partial charge in [-0.3, -0.25) is 4.79 Å². The molecular weight excluding hydrogens is 537 g/mol. The van der Waals surface area contributed by atoms with Gasteiger partial charge in [0.05, 0.1) is 48.9 Å². The van der Waals surface area contributed by atoms with Crippen molar-refractivity contribution in [1.82, 2.24) is 9.97 Å². The van der Waals surface area contributed by atoms with Gasteiger partial charge in [-0.2, -0.15) is 0 Å². The Balaban J connectivity index is 1.39. The van der Waals surface area contributed by atoms with Crippen LogP contribution in [0.1, 0.15) is 10.4 Å². The lowest BCUT2D eigenvalue weighted by Gasteiger charge is -2.28. The second kappa shape index (κ2) is 11.0. The molecule has 0 saturated carbocycles. The molecule has 3 heterocycles. The molecule has 0 spiro atoms. The third-order valence-corrected chi connectivity index (χ3v) is 7.64. The first-order valence-electron chi connectivity index (χ1n) is 11.3. The lowest BCUT2D eigenvalue weighted by molar-refractivity contribution is 0.102. The zero-order chi connectivity index (χ0) is 25.9. The number of nitrogens with zero attached hydrogens (tertiary/aromatic N) is 3. The van der Waals surface area contributed by atoms with E-state index in [0.717, 1.165) is 42.4 Å². The molecule has 0 bridgehead atoms. The molecule has 2 aromatic heterocycles. The fourth-order valence-electron chi connectivity index (χ4n) is 3.99. The average molecular weight is 560 g/mol. The molecule has 12 heteroatoms. The molecule has 1 aliphatic heterocycles. The molecule has 192 valence electrons. The van der Waals surface area contributed by atoms with Crippen LogP contribution in [0, 0.1) is 0 Å². The van der Waals surface area contributed by atoms with E-state index in [2.05, 4.69) is 37.6 Å². The number of benzene rings is 2. The Hall–Kier alpha value is -3.31. The predicted molar refractivity (Wildman–Crippen MR) is 148 cm³/mol. The van der Waals surface area contributed by atoms with E-state index in [0.29, 0.717) is 28.4 Å². The summed E-state index contributed by atoms with van der Waals surface area (Å²) in [5.41, 5.74) is 3.08. The SMILES string of the molecule is COc1cc(OC)c(Cl)c(NC(=O)c2csc3c(Nc4ccc(N5CCOCC5)cc4)ncnc23)c1Cl. The minimum Gasteiger partial charge on any atom is -0.495 e. The average Bonchev–Trinajstić information content (AvgIpc) is 3.37. The number of carbonyl (C=O) groups excluding carboxylic acids is 1. The summed E-state index contributed by atoms with van der Waals surface area (Å²) in [6.45, 7) is 3.21. The molecule has 0 unspecified atom stereocenters. The number of morpholine rings is 1. The van der Waals surface area contributed by atoms with Gasteiger partial charge in [0.25, 0.3) is 5.91 Å². The highest BCUT2D eigenvalue weighted by Crippen LogP contribution is 2.44. The van der Waals surface area contributed by atoms with Gasteiger partial charge in [0.1, 0.15) is 27.9 Å². The summed E-state index contributed by atoms with van der Waals surface area (Å²) >= 11 is 14.2. The molecule has 1 fully saturated rings. The number of fused-ring (bicyclic) bond motifs is 1. The number of hydrogen-bond donors (Lipinski definition) is 2. The van der Waals surface area contributed by atoms with Crippen molar-refractivity contribution in [3.05, 3.63) is 57.6 Å². The molecule has 9 nitrogen and oxygen atoms in total. The van der Waals surface area contributed by atoms with Crippen LogP contribution in [0.25, 0.3) is 10.2 Å². The summed E-state index contributed by atoms with van der Waals surface area (Å²) < 4.78 is 16.7. The van der Waals surface area contributed by atoms with Gasteiger partial charge >= 0.3 is 0 Å². The van der Waals surface area contributed by atoms with Crippen LogP contribution in [0.5, 0.6) is 11.5 Å². The fourth-order valence-corrected chi connectivity index (χ4v) is 5.53. The maximum atomic E-state index is 13.3. The zero-order valence-corrected chi connectivity index (χ0v) is 22.3. The number of ether oxygens (including phenoxy) is 3. The van der Waals surface area contributed by atoms with Crippen molar-refractivity contribution >= 4 is 73.5 Å². The minimum absolute atomic E-state index is 0.165. The number of methoxy groups -OCH3 is 2. The molecule has 0 aliphatic carbocycles. The van der Waals surface area contributed by atoms with Crippen LogP contribution in [0.2, 0.25) is 10.0 Å². The lowest BCUT2D eigenvalue weighted by Crippen LogP contribution is -2.36. The quantitative estimate of drug-likeness (QED) is 0.291. The maximum absolute atomic E-state index is 13.3. The van der Waals surface area contributed by atoms with E-state index in [4.69, 9.17) is 37.4 Å². The van der Waals surface area contributed by atoms with Crippen LogP contribution in [-0.2, 0) is 4.74 Å². The first kappa shape index (κ1) is 25.3. The zero-order valence-electron chi connectivity index (χ0n) is 20.0. The van der Waals surface area contributed by atoms with E-state index >= 15 is 0 Å². The Bertz CT molecular complexity index is 1410. The Morgan fingerprint density at radius 3 is 2.38 bits per heavy atom. The normalized spacial score (nSPS) is 13.5. The summed E-state index contributed by atoms with van der Waals surface area (Å²) in [6, 6.07) is 9.68. The van der Waals surface area contributed by atoms with E-state index in [1.54, 1.807) is 11.4 Å². The first-order chi connectivity index (χ1) is 18.0. The third kappa shape index (κ3) is 5.10. The summed E-state index contributed by atoms with van der Waals surface area (Å²) in [4.78, 5) is 24.3. The number of halogens is 2. The lowest BCUT2D eigenvalue weighted by atomic mass is 10.2. The molecule has 4 aromatic rings. The monoisotopic (exact) mass is 559 g/mol. The van der Waals surface area contributed by atoms with Crippen LogP contribution in [0.3, 0.4) is 0 Å². The van der Waals surface area contributed by atoms with Gasteiger partial charge in [0, 0.05) is 35.9 Å². The Labute approximate surface area is 227 Å². The van der Waals surface area contributed by atoms with Gasteiger partial charge in [-0.05, 0) is 24.3 Å². The topological polar surface area (TPSA) is 97.8 Å². The molecule has 1 aliphatic rings. The Morgan fingerprint density at radius 1 is 1.05 bits per heavy atom. The van der Waals surface area contributed by atoms with E-state index in [1.165, 1.54) is 31.9 Å². The van der Waals surface area contributed by atoms with Crippen molar-refractivity contribution in [3.8, 4) is 11.5 Å². The third-order valence-electron chi connectivity index (χ3n) is 5.92. The van der Waals surface area contributed by atoms with Crippen molar-refractivity contribution in [2.24, 2.45) is 0 Å². The largest absolute Gasteiger partial charge is 0.495 e. The van der Waals surface area contributed by atoms with Crippen LogP contribution in [0.15, 0.2) is 42.0 Å². The molecular formula is C25H23Cl2N5O4S. The summed E-state index contributed by atoms with van der Waals surface area (Å²) in [6.07, 6.45) is 1.42. The molecule has 1 saturated heterocycles. The maximum Gasteiger partial charge on any atom is 0.258 e. The molecule has 0 radical (unpaired) electrons. The predicted octanol–water partition coefficient (Wildman–Crippen LogP) is 5.85. The molecule has 5 rings (SSSR count).